The van der Waals surface area contributed by atoms with Crippen LogP contribution in [0.3, 0.4) is 0 Å². The maximum atomic E-state index is 12.3. The second-order valence-electron chi connectivity index (χ2n) is 4.47. The van der Waals surface area contributed by atoms with Crippen LogP contribution < -0.4 is 10.5 Å². The van der Waals surface area contributed by atoms with Gasteiger partial charge in [0.2, 0.25) is 10.0 Å². The van der Waals surface area contributed by atoms with E-state index >= 15 is 0 Å². The molecule has 0 aliphatic carbocycles. The van der Waals surface area contributed by atoms with Crippen LogP contribution in [-0.4, -0.2) is 30.8 Å². The Labute approximate surface area is 109 Å². The van der Waals surface area contributed by atoms with E-state index in [2.05, 4.69) is 9.82 Å². The van der Waals surface area contributed by atoms with Crippen LogP contribution in [0, 0.1) is 13.8 Å². The number of nitrogens with one attached hydrogen (secondary N) is 1. The molecule has 1 unspecified atom stereocenters. The molecular weight excluding hydrogens is 252 g/mol. The van der Waals surface area contributed by atoms with Gasteiger partial charge in [-0.05, 0) is 20.3 Å². The summed E-state index contributed by atoms with van der Waals surface area (Å²) in [5, 5.41) is 4.12. The van der Waals surface area contributed by atoms with Crippen LogP contribution in [-0.2, 0) is 17.1 Å². The van der Waals surface area contributed by atoms with Crippen molar-refractivity contribution in [1.82, 2.24) is 14.5 Å². The third-order valence-corrected chi connectivity index (χ3v) is 4.73. The first-order chi connectivity index (χ1) is 8.33. The SMILES string of the molecule is CCCC(CN)NS(=O)(=O)c1c(C)nn(C)c1C. The smallest absolute Gasteiger partial charge is 0.244 e. The minimum absolute atomic E-state index is 0.223. The maximum absolute atomic E-state index is 12.3. The van der Waals surface area contributed by atoms with E-state index in [-0.39, 0.29) is 10.9 Å². The van der Waals surface area contributed by atoms with E-state index in [0.717, 1.165) is 12.8 Å². The quantitative estimate of drug-likeness (QED) is 0.787. The molecule has 7 heteroatoms. The Morgan fingerprint density at radius 3 is 2.44 bits per heavy atom. The molecule has 3 N–H and O–H groups in total. The molecule has 18 heavy (non-hydrogen) atoms. The van der Waals surface area contributed by atoms with Crippen LogP contribution in [0.5, 0.6) is 0 Å². The summed E-state index contributed by atoms with van der Waals surface area (Å²) in [5.74, 6) is 0. The Morgan fingerprint density at radius 1 is 1.44 bits per heavy atom. The molecule has 0 aliphatic rings. The van der Waals surface area contributed by atoms with Crippen molar-refractivity contribution in [2.24, 2.45) is 12.8 Å². The fraction of sp³-hybridized carbons (Fsp3) is 0.727. The summed E-state index contributed by atoms with van der Waals surface area (Å²) in [6, 6.07) is -0.223. The highest BCUT2D eigenvalue weighted by Crippen LogP contribution is 2.18. The molecule has 1 heterocycles. The van der Waals surface area contributed by atoms with E-state index in [1.165, 1.54) is 0 Å². The summed E-state index contributed by atoms with van der Waals surface area (Å²) in [7, 11) is -1.82. The van der Waals surface area contributed by atoms with Crippen molar-refractivity contribution >= 4 is 10.0 Å². The van der Waals surface area contributed by atoms with Crippen molar-refractivity contribution < 1.29 is 8.42 Å². The zero-order valence-corrected chi connectivity index (χ0v) is 12.2. The van der Waals surface area contributed by atoms with Crippen LogP contribution in [0.1, 0.15) is 31.2 Å². The standard InChI is InChI=1S/C11H22N4O2S/c1-5-6-10(7-12)14-18(16,17)11-8(2)13-15(4)9(11)3/h10,14H,5-7,12H2,1-4H3. The van der Waals surface area contributed by atoms with Gasteiger partial charge >= 0.3 is 0 Å². The Balaban J connectivity index is 3.06. The average Bonchev–Trinajstić information content (AvgIpc) is 2.52. The molecule has 0 fully saturated rings. The molecule has 0 amide bonds. The van der Waals surface area contributed by atoms with Crippen molar-refractivity contribution in [1.29, 1.82) is 0 Å². The van der Waals surface area contributed by atoms with Gasteiger partial charge in [-0.3, -0.25) is 4.68 Å². The van der Waals surface area contributed by atoms with Gasteiger partial charge in [0.05, 0.1) is 11.4 Å². The van der Waals surface area contributed by atoms with Gasteiger partial charge in [0.25, 0.3) is 0 Å². The van der Waals surface area contributed by atoms with Gasteiger partial charge < -0.3 is 5.73 Å². The number of rotatable bonds is 6. The first-order valence-corrected chi connectivity index (χ1v) is 7.54. The molecule has 1 atom stereocenters. The van der Waals surface area contributed by atoms with Gasteiger partial charge in [-0.1, -0.05) is 13.3 Å². The number of aromatic nitrogens is 2. The molecule has 0 bridgehead atoms. The Kier molecular flexibility index (Phi) is 4.89. The van der Waals surface area contributed by atoms with Gasteiger partial charge in [0, 0.05) is 19.6 Å². The summed E-state index contributed by atoms with van der Waals surface area (Å²) < 4.78 is 28.8. The summed E-state index contributed by atoms with van der Waals surface area (Å²) in [6.45, 7) is 5.73. The number of hydrogen-bond acceptors (Lipinski definition) is 4. The summed E-state index contributed by atoms with van der Waals surface area (Å²) >= 11 is 0. The van der Waals surface area contributed by atoms with E-state index in [1.54, 1.807) is 25.6 Å². The number of nitrogens with zero attached hydrogens (tertiary/aromatic N) is 2. The highest BCUT2D eigenvalue weighted by Gasteiger charge is 2.25. The van der Waals surface area contributed by atoms with Gasteiger partial charge in [-0.2, -0.15) is 5.10 Å². The average molecular weight is 274 g/mol. The van der Waals surface area contributed by atoms with Gasteiger partial charge in [0.15, 0.2) is 0 Å². The highest BCUT2D eigenvalue weighted by atomic mass is 32.2. The molecule has 0 aliphatic heterocycles. The van der Waals surface area contributed by atoms with Gasteiger partial charge in [-0.25, -0.2) is 13.1 Å². The van der Waals surface area contributed by atoms with E-state index < -0.39 is 10.0 Å². The predicted octanol–water partition coefficient (Wildman–Crippen LogP) is 0.443. The zero-order chi connectivity index (χ0) is 13.9. The number of sulfonamides is 1. The normalized spacial score (nSPS) is 13.8. The first-order valence-electron chi connectivity index (χ1n) is 6.06. The van der Waals surface area contributed by atoms with Crippen LogP contribution >= 0.6 is 0 Å². The van der Waals surface area contributed by atoms with E-state index in [4.69, 9.17) is 5.73 Å². The topological polar surface area (TPSA) is 90.0 Å². The predicted molar refractivity (Wildman–Crippen MR) is 70.8 cm³/mol. The zero-order valence-electron chi connectivity index (χ0n) is 11.4. The lowest BCUT2D eigenvalue weighted by atomic mass is 10.2. The van der Waals surface area contributed by atoms with Crippen molar-refractivity contribution in [3.63, 3.8) is 0 Å². The lowest BCUT2D eigenvalue weighted by Crippen LogP contribution is -2.40. The fourth-order valence-electron chi connectivity index (χ4n) is 1.99. The van der Waals surface area contributed by atoms with Crippen LogP contribution in [0.4, 0.5) is 0 Å². The molecule has 1 aromatic rings. The second-order valence-corrected chi connectivity index (χ2v) is 6.12. The molecule has 0 spiro atoms. The molecule has 0 radical (unpaired) electrons. The summed E-state index contributed by atoms with van der Waals surface area (Å²) in [6.07, 6.45) is 1.61. The maximum Gasteiger partial charge on any atom is 0.244 e. The summed E-state index contributed by atoms with van der Waals surface area (Å²) in [5.41, 5.74) is 6.72. The molecule has 0 saturated carbocycles. The van der Waals surface area contributed by atoms with Crippen LogP contribution in [0.25, 0.3) is 0 Å². The highest BCUT2D eigenvalue weighted by molar-refractivity contribution is 7.89. The number of aryl methyl sites for hydroxylation is 2. The minimum Gasteiger partial charge on any atom is -0.329 e. The molecular formula is C11H22N4O2S. The van der Waals surface area contributed by atoms with Crippen LogP contribution in [0.2, 0.25) is 0 Å². The lowest BCUT2D eigenvalue weighted by Gasteiger charge is -2.16. The minimum atomic E-state index is -3.55. The largest absolute Gasteiger partial charge is 0.329 e. The molecule has 104 valence electrons. The fourth-order valence-corrected chi connectivity index (χ4v) is 3.72. The molecule has 1 rings (SSSR count). The Bertz CT molecular complexity index is 507. The van der Waals surface area contributed by atoms with Crippen LogP contribution in [0.15, 0.2) is 4.90 Å². The monoisotopic (exact) mass is 274 g/mol. The van der Waals surface area contributed by atoms with E-state index in [0.29, 0.717) is 17.9 Å². The Morgan fingerprint density at radius 2 is 2.06 bits per heavy atom. The van der Waals surface area contributed by atoms with Gasteiger partial charge in [-0.15, -0.1) is 0 Å². The second kappa shape index (κ2) is 5.81. The first kappa shape index (κ1) is 15.1. The summed E-state index contributed by atoms with van der Waals surface area (Å²) in [4.78, 5) is 0.263. The number of nitrogens with two attached hydrogens (primary N) is 1. The van der Waals surface area contributed by atoms with E-state index in [9.17, 15) is 8.42 Å². The Hall–Kier alpha value is -0.920. The molecule has 0 saturated heterocycles. The van der Waals surface area contributed by atoms with Crippen molar-refractivity contribution in [2.45, 2.75) is 44.6 Å². The van der Waals surface area contributed by atoms with Crippen molar-refractivity contribution in [3.8, 4) is 0 Å². The number of hydrogen-bond donors (Lipinski definition) is 2. The molecule has 1 aromatic heterocycles. The van der Waals surface area contributed by atoms with Crippen molar-refractivity contribution in [3.05, 3.63) is 11.4 Å². The van der Waals surface area contributed by atoms with Gasteiger partial charge in [0.1, 0.15) is 4.90 Å². The third-order valence-electron chi connectivity index (χ3n) is 2.95. The molecule has 6 nitrogen and oxygen atoms in total. The third kappa shape index (κ3) is 3.09. The van der Waals surface area contributed by atoms with Crippen molar-refractivity contribution in [2.75, 3.05) is 6.54 Å². The lowest BCUT2D eigenvalue weighted by molar-refractivity contribution is 0.526. The van der Waals surface area contributed by atoms with E-state index in [1.807, 2.05) is 6.92 Å². The molecule has 0 aromatic carbocycles.